The van der Waals surface area contributed by atoms with E-state index in [9.17, 15) is 4.79 Å². The van der Waals surface area contributed by atoms with Gasteiger partial charge in [0.05, 0.1) is 19.3 Å². The quantitative estimate of drug-likeness (QED) is 0.694. The number of hydrogen-bond acceptors (Lipinski definition) is 3. The highest BCUT2D eigenvalue weighted by atomic mass is 16.6. The topological polar surface area (TPSA) is 38.8 Å². The number of carbonyl (C=O) groups is 1. The van der Waals surface area contributed by atoms with Crippen molar-refractivity contribution in [2.24, 2.45) is 5.92 Å². The number of ether oxygens (including phenoxy) is 2. The monoisotopic (exact) mass is 201 g/mol. The van der Waals surface area contributed by atoms with Crippen LogP contribution in [0.1, 0.15) is 20.3 Å². The number of likely N-dealkylation sites (N-methyl/N-ethyl adjacent to an activating group) is 1. The van der Waals surface area contributed by atoms with Gasteiger partial charge in [0.1, 0.15) is 0 Å². The predicted octanol–water partition coefficient (Wildman–Crippen LogP) is 1.50. The Morgan fingerprint density at radius 2 is 2.36 bits per heavy atom. The molecule has 14 heavy (non-hydrogen) atoms. The van der Waals surface area contributed by atoms with E-state index < -0.39 is 0 Å². The van der Waals surface area contributed by atoms with Gasteiger partial charge in [0, 0.05) is 13.7 Å². The van der Waals surface area contributed by atoms with E-state index in [1.165, 1.54) is 0 Å². The Labute approximate surface area is 85.2 Å². The molecular weight excluding hydrogens is 182 g/mol. The van der Waals surface area contributed by atoms with Gasteiger partial charge in [0.2, 0.25) is 0 Å². The van der Waals surface area contributed by atoms with Crippen LogP contribution in [0, 0.1) is 5.92 Å². The zero-order chi connectivity index (χ0) is 10.6. The van der Waals surface area contributed by atoms with Crippen LogP contribution in [-0.4, -0.2) is 43.9 Å². The minimum absolute atomic E-state index is 0.190. The van der Waals surface area contributed by atoms with E-state index in [0.717, 1.165) is 13.0 Å². The van der Waals surface area contributed by atoms with Crippen LogP contribution in [0.2, 0.25) is 0 Å². The van der Waals surface area contributed by atoms with Crippen LogP contribution in [0.4, 0.5) is 4.79 Å². The van der Waals surface area contributed by atoms with Crippen molar-refractivity contribution in [1.82, 2.24) is 4.90 Å². The Bertz CT molecular complexity index is 188. The standard InChI is InChI=1S/C10H19NO3/c1-8(2)6-14-10(12)11(3)9-4-5-13-7-9/h8-9H,4-7H2,1-3H3. The fourth-order valence-corrected chi connectivity index (χ4v) is 1.32. The third kappa shape index (κ3) is 3.18. The Kier molecular flexibility index (Phi) is 4.20. The second-order valence-corrected chi connectivity index (χ2v) is 4.10. The summed E-state index contributed by atoms with van der Waals surface area (Å²) in [6.07, 6.45) is 0.669. The molecule has 0 saturated carbocycles. The maximum atomic E-state index is 11.5. The molecular formula is C10H19NO3. The molecule has 82 valence electrons. The molecule has 1 rings (SSSR count). The lowest BCUT2D eigenvalue weighted by molar-refractivity contribution is 0.0826. The summed E-state index contributed by atoms with van der Waals surface area (Å²) in [4.78, 5) is 13.1. The van der Waals surface area contributed by atoms with Crippen LogP contribution in [0.3, 0.4) is 0 Å². The van der Waals surface area contributed by atoms with Gasteiger partial charge in [-0.05, 0) is 12.3 Å². The van der Waals surface area contributed by atoms with Crippen molar-refractivity contribution < 1.29 is 14.3 Å². The first-order chi connectivity index (χ1) is 6.61. The largest absolute Gasteiger partial charge is 0.449 e. The molecule has 0 spiro atoms. The molecule has 1 atom stereocenters. The van der Waals surface area contributed by atoms with Gasteiger partial charge in [-0.3, -0.25) is 0 Å². The van der Waals surface area contributed by atoms with E-state index in [-0.39, 0.29) is 12.1 Å². The van der Waals surface area contributed by atoms with Crippen LogP contribution in [0.5, 0.6) is 0 Å². The average molecular weight is 201 g/mol. The average Bonchev–Trinajstić information content (AvgIpc) is 2.65. The Morgan fingerprint density at radius 3 is 2.86 bits per heavy atom. The minimum atomic E-state index is -0.241. The molecule has 4 heteroatoms. The van der Waals surface area contributed by atoms with Gasteiger partial charge in [-0.1, -0.05) is 13.8 Å². The molecule has 0 bridgehead atoms. The molecule has 0 aromatic heterocycles. The van der Waals surface area contributed by atoms with E-state index in [0.29, 0.717) is 19.1 Å². The smallest absolute Gasteiger partial charge is 0.409 e. The highest BCUT2D eigenvalue weighted by molar-refractivity contribution is 5.67. The summed E-state index contributed by atoms with van der Waals surface area (Å²) >= 11 is 0. The van der Waals surface area contributed by atoms with E-state index in [1.54, 1.807) is 11.9 Å². The number of amides is 1. The first kappa shape index (κ1) is 11.3. The van der Waals surface area contributed by atoms with Crippen LogP contribution in [-0.2, 0) is 9.47 Å². The van der Waals surface area contributed by atoms with Crippen molar-refractivity contribution in [2.45, 2.75) is 26.3 Å². The third-order valence-electron chi connectivity index (χ3n) is 2.28. The molecule has 0 N–H and O–H groups in total. The highest BCUT2D eigenvalue weighted by Gasteiger charge is 2.24. The SMILES string of the molecule is CC(C)COC(=O)N(C)C1CCOC1. The van der Waals surface area contributed by atoms with Crippen molar-refractivity contribution in [3.05, 3.63) is 0 Å². The van der Waals surface area contributed by atoms with Gasteiger partial charge in [0.15, 0.2) is 0 Å². The number of hydrogen-bond donors (Lipinski definition) is 0. The predicted molar refractivity (Wildman–Crippen MR) is 53.2 cm³/mol. The summed E-state index contributed by atoms with van der Waals surface area (Å²) in [5, 5.41) is 0. The van der Waals surface area contributed by atoms with E-state index in [1.807, 2.05) is 13.8 Å². The zero-order valence-electron chi connectivity index (χ0n) is 9.16. The molecule has 0 aliphatic carbocycles. The zero-order valence-corrected chi connectivity index (χ0v) is 9.16. The third-order valence-corrected chi connectivity index (χ3v) is 2.28. The van der Waals surface area contributed by atoms with Crippen LogP contribution >= 0.6 is 0 Å². The first-order valence-electron chi connectivity index (χ1n) is 5.08. The fraction of sp³-hybridized carbons (Fsp3) is 0.900. The highest BCUT2D eigenvalue weighted by Crippen LogP contribution is 2.11. The van der Waals surface area contributed by atoms with Crippen molar-refractivity contribution in [3.63, 3.8) is 0 Å². The van der Waals surface area contributed by atoms with Crippen molar-refractivity contribution >= 4 is 6.09 Å². The van der Waals surface area contributed by atoms with E-state index in [2.05, 4.69) is 0 Å². The fourth-order valence-electron chi connectivity index (χ4n) is 1.32. The van der Waals surface area contributed by atoms with Crippen molar-refractivity contribution in [2.75, 3.05) is 26.9 Å². The lowest BCUT2D eigenvalue weighted by Crippen LogP contribution is -2.38. The molecule has 1 aliphatic heterocycles. The Hall–Kier alpha value is -0.770. The summed E-state index contributed by atoms with van der Waals surface area (Å²) in [5.74, 6) is 0.382. The van der Waals surface area contributed by atoms with Crippen molar-refractivity contribution in [3.8, 4) is 0 Å². The molecule has 1 saturated heterocycles. The summed E-state index contributed by atoms with van der Waals surface area (Å²) < 4.78 is 10.3. The normalized spacial score (nSPS) is 21.3. The number of rotatable bonds is 3. The maximum Gasteiger partial charge on any atom is 0.409 e. The van der Waals surface area contributed by atoms with Gasteiger partial charge in [-0.25, -0.2) is 4.79 Å². The van der Waals surface area contributed by atoms with E-state index in [4.69, 9.17) is 9.47 Å². The molecule has 1 aliphatic rings. The minimum Gasteiger partial charge on any atom is -0.449 e. The summed E-state index contributed by atoms with van der Waals surface area (Å²) in [6.45, 7) is 5.90. The molecule has 1 fully saturated rings. The van der Waals surface area contributed by atoms with Gasteiger partial charge < -0.3 is 14.4 Å². The van der Waals surface area contributed by atoms with Gasteiger partial charge >= 0.3 is 6.09 Å². The summed E-state index contributed by atoms with van der Waals surface area (Å²) in [6, 6.07) is 0.190. The summed E-state index contributed by atoms with van der Waals surface area (Å²) in [5.41, 5.74) is 0. The van der Waals surface area contributed by atoms with Crippen LogP contribution in [0.15, 0.2) is 0 Å². The van der Waals surface area contributed by atoms with Gasteiger partial charge in [-0.15, -0.1) is 0 Å². The second-order valence-electron chi connectivity index (χ2n) is 4.10. The lowest BCUT2D eigenvalue weighted by atomic mass is 10.2. The molecule has 1 unspecified atom stereocenters. The summed E-state index contributed by atoms with van der Waals surface area (Å²) in [7, 11) is 1.77. The molecule has 0 radical (unpaired) electrons. The maximum absolute atomic E-state index is 11.5. The molecule has 1 heterocycles. The Morgan fingerprint density at radius 1 is 1.64 bits per heavy atom. The van der Waals surface area contributed by atoms with Crippen LogP contribution in [0.25, 0.3) is 0 Å². The number of carbonyl (C=O) groups excluding carboxylic acids is 1. The number of nitrogens with zero attached hydrogens (tertiary/aromatic N) is 1. The second kappa shape index (κ2) is 5.20. The molecule has 0 aromatic rings. The van der Waals surface area contributed by atoms with Gasteiger partial charge in [-0.2, -0.15) is 0 Å². The lowest BCUT2D eigenvalue weighted by Gasteiger charge is -2.22. The first-order valence-corrected chi connectivity index (χ1v) is 5.08. The van der Waals surface area contributed by atoms with Crippen LogP contribution < -0.4 is 0 Å². The van der Waals surface area contributed by atoms with E-state index >= 15 is 0 Å². The molecule has 0 aromatic carbocycles. The van der Waals surface area contributed by atoms with Crippen molar-refractivity contribution in [1.29, 1.82) is 0 Å². The molecule has 4 nitrogen and oxygen atoms in total. The van der Waals surface area contributed by atoms with Gasteiger partial charge in [0.25, 0.3) is 0 Å². The Balaban J connectivity index is 2.28. The molecule has 1 amide bonds.